The predicted octanol–water partition coefficient (Wildman–Crippen LogP) is 0.985. The van der Waals surface area contributed by atoms with Crippen molar-refractivity contribution < 1.29 is 23.7 Å². The molecule has 0 radical (unpaired) electrons. The fraction of sp³-hybridized carbons (Fsp3) is 0.833. The number of hydrogen-bond acceptors (Lipinski definition) is 5. The SMILES string of the molecule is C=CC1(C)COCCOCCOCCOCO1. The largest absolute Gasteiger partial charge is 0.377 e. The van der Waals surface area contributed by atoms with Crippen molar-refractivity contribution in [2.45, 2.75) is 12.5 Å². The minimum absolute atomic E-state index is 0.214. The first-order chi connectivity index (χ1) is 8.27. The molecule has 1 aliphatic heterocycles. The van der Waals surface area contributed by atoms with Gasteiger partial charge in [-0.2, -0.15) is 0 Å². The van der Waals surface area contributed by atoms with E-state index in [0.29, 0.717) is 46.2 Å². The molecule has 1 unspecified atom stereocenters. The molecule has 0 aromatic heterocycles. The van der Waals surface area contributed by atoms with E-state index in [1.54, 1.807) is 6.08 Å². The van der Waals surface area contributed by atoms with Crippen molar-refractivity contribution in [2.75, 3.05) is 53.0 Å². The van der Waals surface area contributed by atoms with Gasteiger partial charge in [-0.1, -0.05) is 6.08 Å². The molecule has 5 heteroatoms. The highest BCUT2D eigenvalue weighted by Gasteiger charge is 2.21. The maximum atomic E-state index is 5.56. The normalized spacial score (nSPS) is 30.4. The number of hydrogen-bond donors (Lipinski definition) is 0. The molecule has 1 rings (SSSR count). The van der Waals surface area contributed by atoms with E-state index in [4.69, 9.17) is 23.7 Å². The van der Waals surface area contributed by atoms with Crippen LogP contribution in [-0.2, 0) is 23.7 Å². The fourth-order valence-electron chi connectivity index (χ4n) is 1.23. The summed E-state index contributed by atoms with van der Waals surface area (Å²) in [7, 11) is 0. The Labute approximate surface area is 103 Å². The molecule has 1 atom stereocenters. The lowest BCUT2D eigenvalue weighted by Gasteiger charge is -2.26. The Morgan fingerprint density at radius 3 is 2.00 bits per heavy atom. The Morgan fingerprint density at radius 2 is 1.41 bits per heavy atom. The predicted molar refractivity (Wildman–Crippen MR) is 63.0 cm³/mol. The van der Waals surface area contributed by atoms with Gasteiger partial charge in [0.2, 0.25) is 0 Å². The van der Waals surface area contributed by atoms with E-state index in [0.717, 1.165) is 0 Å². The molecule has 1 saturated heterocycles. The molecule has 0 spiro atoms. The quantitative estimate of drug-likeness (QED) is 0.646. The third kappa shape index (κ3) is 6.75. The van der Waals surface area contributed by atoms with Crippen LogP contribution in [0.1, 0.15) is 6.92 Å². The van der Waals surface area contributed by atoms with E-state index in [-0.39, 0.29) is 6.79 Å². The standard InChI is InChI=1S/C12H22O5/c1-3-12(2)10-15-8-6-13-4-5-14-7-9-16-11-17-12/h3H,1,4-11H2,2H3. The highest BCUT2D eigenvalue weighted by atomic mass is 16.7. The van der Waals surface area contributed by atoms with Crippen LogP contribution in [0.15, 0.2) is 12.7 Å². The van der Waals surface area contributed by atoms with E-state index in [2.05, 4.69) is 6.58 Å². The van der Waals surface area contributed by atoms with E-state index in [1.807, 2.05) is 6.92 Å². The molecule has 17 heavy (non-hydrogen) atoms. The summed E-state index contributed by atoms with van der Waals surface area (Å²) < 4.78 is 26.9. The lowest BCUT2D eigenvalue weighted by atomic mass is 10.1. The van der Waals surface area contributed by atoms with E-state index in [9.17, 15) is 0 Å². The monoisotopic (exact) mass is 246 g/mol. The van der Waals surface area contributed by atoms with Crippen molar-refractivity contribution >= 4 is 0 Å². The molecule has 0 aromatic carbocycles. The molecule has 0 N–H and O–H groups in total. The van der Waals surface area contributed by atoms with Crippen LogP contribution in [0.5, 0.6) is 0 Å². The molecule has 0 aromatic rings. The van der Waals surface area contributed by atoms with Crippen molar-refractivity contribution in [2.24, 2.45) is 0 Å². The maximum Gasteiger partial charge on any atom is 0.148 e. The molecular weight excluding hydrogens is 224 g/mol. The molecule has 1 aliphatic rings. The van der Waals surface area contributed by atoms with Crippen LogP contribution >= 0.6 is 0 Å². The molecule has 0 bridgehead atoms. The second kappa shape index (κ2) is 8.60. The molecule has 1 heterocycles. The van der Waals surface area contributed by atoms with Gasteiger partial charge < -0.3 is 23.7 Å². The Kier molecular flexibility index (Phi) is 7.39. The van der Waals surface area contributed by atoms with Gasteiger partial charge in [0, 0.05) is 0 Å². The molecular formula is C12H22O5. The first kappa shape index (κ1) is 14.6. The van der Waals surface area contributed by atoms with E-state index < -0.39 is 5.60 Å². The second-order valence-corrected chi connectivity index (χ2v) is 3.96. The van der Waals surface area contributed by atoms with Gasteiger partial charge in [-0.15, -0.1) is 6.58 Å². The minimum atomic E-state index is -0.523. The van der Waals surface area contributed by atoms with E-state index >= 15 is 0 Å². The van der Waals surface area contributed by atoms with Crippen LogP contribution in [0, 0.1) is 0 Å². The summed E-state index contributed by atoms with van der Waals surface area (Å²) in [6.45, 7) is 9.62. The van der Waals surface area contributed by atoms with Crippen LogP contribution < -0.4 is 0 Å². The molecule has 100 valence electrons. The van der Waals surface area contributed by atoms with Crippen molar-refractivity contribution in [3.8, 4) is 0 Å². The van der Waals surface area contributed by atoms with Crippen LogP contribution in [0.25, 0.3) is 0 Å². The second-order valence-electron chi connectivity index (χ2n) is 3.96. The van der Waals surface area contributed by atoms with Crippen LogP contribution in [-0.4, -0.2) is 58.6 Å². The summed E-state index contributed by atoms with van der Waals surface area (Å²) in [6.07, 6.45) is 1.72. The van der Waals surface area contributed by atoms with Crippen LogP contribution in [0.4, 0.5) is 0 Å². The maximum absolute atomic E-state index is 5.56. The lowest BCUT2D eigenvalue weighted by molar-refractivity contribution is -0.148. The fourth-order valence-corrected chi connectivity index (χ4v) is 1.23. The molecule has 5 nitrogen and oxygen atoms in total. The highest BCUT2D eigenvalue weighted by Crippen LogP contribution is 2.12. The Bertz CT molecular complexity index is 193. The lowest BCUT2D eigenvalue weighted by Crippen LogP contribution is -2.34. The molecule has 0 amide bonds. The van der Waals surface area contributed by atoms with Crippen molar-refractivity contribution in [3.63, 3.8) is 0 Å². The van der Waals surface area contributed by atoms with Gasteiger partial charge in [-0.3, -0.25) is 0 Å². The average molecular weight is 246 g/mol. The average Bonchev–Trinajstić information content (AvgIpc) is 2.34. The van der Waals surface area contributed by atoms with Crippen LogP contribution in [0.3, 0.4) is 0 Å². The zero-order valence-corrected chi connectivity index (χ0v) is 10.5. The van der Waals surface area contributed by atoms with Crippen LogP contribution in [0.2, 0.25) is 0 Å². The Morgan fingerprint density at radius 1 is 0.882 bits per heavy atom. The van der Waals surface area contributed by atoms with Gasteiger partial charge in [0.05, 0.1) is 46.2 Å². The van der Waals surface area contributed by atoms with Gasteiger partial charge in [-0.05, 0) is 6.92 Å². The third-order valence-corrected chi connectivity index (χ3v) is 2.41. The first-order valence-electron chi connectivity index (χ1n) is 5.85. The highest BCUT2D eigenvalue weighted by molar-refractivity contribution is 4.93. The summed E-state index contributed by atoms with van der Waals surface area (Å²) in [5, 5.41) is 0. The summed E-state index contributed by atoms with van der Waals surface area (Å²) in [5.74, 6) is 0. The zero-order chi connectivity index (χ0) is 12.4. The van der Waals surface area contributed by atoms with Gasteiger partial charge in [0.25, 0.3) is 0 Å². The van der Waals surface area contributed by atoms with Gasteiger partial charge in [0.1, 0.15) is 12.4 Å². The van der Waals surface area contributed by atoms with Gasteiger partial charge in [-0.25, -0.2) is 0 Å². The van der Waals surface area contributed by atoms with E-state index in [1.165, 1.54) is 0 Å². The smallest absolute Gasteiger partial charge is 0.148 e. The van der Waals surface area contributed by atoms with Gasteiger partial charge >= 0.3 is 0 Å². The first-order valence-corrected chi connectivity index (χ1v) is 5.85. The third-order valence-electron chi connectivity index (χ3n) is 2.41. The topological polar surface area (TPSA) is 46.2 Å². The van der Waals surface area contributed by atoms with Crippen molar-refractivity contribution in [1.29, 1.82) is 0 Å². The minimum Gasteiger partial charge on any atom is -0.377 e. The summed E-state index contributed by atoms with van der Waals surface area (Å²) >= 11 is 0. The van der Waals surface area contributed by atoms with Gasteiger partial charge in [0.15, 0.2) is 0 Å². The molecule has 0 aliphatic carbocycles. The zero-order valence-electron chi connectivity index (χ0n) is 10.5. The Balaban J connectivity index is 2.32. The summed E-state index contributed by atoms with van der Waals surface area (Å²) in [4.78, 5) is 0. The molecule has 0 saturated carbocycles. The summed E-state index contributed by atoms with van der Waals surface area (Å²) in [6, 6.07) is 0. The van der Waals surface area contributed by atoms with Crippen molar-refractivity contribution in [3.05, 3.63) is 12.7 Å². The molecule has 1 fully saturated rings. The van der Waals surface area contributed by atoms with Crippen molar-refractivity contribution in [1.82, 2.24) is 0 Å². The number of ether oxygens (including phenoxy) is 5. The summed E-state index contributed by atoms with van der Waals surface area (Å²) in [5.41, 5.74) is -0.523. The Hall–Kier alpha value is -0.460. The number of rotatable bonds is 1.